The minimum atomic E-state index is -0.432. The van der Waals surface area contributed by atoms with Gasteiger partial charge in [-0.05, 0) is 71.3 Å². The van der Waals surface area contributed by atoms with Gasteiger partial charge in [-0.3, -0.25) is 4.98 Å². The molecule has 0 fully saturated rings. The Bertz CT molecular complexity index is 1190. The van der Waals surface area contributed by atoms with E-state index in [1.54, 1.807) is 43.7 Å². The van der Waals surface area contributed by atoms with E-state index in [0.717, 1.165) is 22.4 Å². The number of pyridine rings is 1. The summed E-state index contributed by atoms with van der Waals surface area (Å²) < 4.78 is 5.49. The van der Waals surface area contributed by atoms with Gasteiger partial charge in [0, 0.05) is 26.0 Å². The van der Waals surface area contributed by atoms with E-state index in [1.807, 2.05) is 60.7 Å². The Morgan fingerprint density at radius 3 is 2.22 bits per heavy atom. The van der Waals surface area contributed by atoms with Gasteiger partial charge in [0.2, 0.25) is 0 Å². The molecule has 0 aliphatic rings. The molecular formula is C26H22N4O2. The Morgan fingerprint density at radius 1 is 0.812 bits per heavy atom. The highest BCUT2D eigenvalue weighted by molar-refractivity contribution is 5.71. The van der Waals surface area contributed by atoms with Crippen LogP contribution in [0.25, 0.3) is 11.1 Å². The first-order valence-corrected chi connectivity index (χ1v) is 10.2. The third-order valence-electron chi connectivity index (χ3n) is 4.75. The summed E-state index contributed by atoms with van der Waals surface area (Å²) in [6.45, 7) is 0.432. The molecule has 0 aliphatic heterocycles. The van der Waals surface area contributed by atoms with Crippen molar-refractivity contribution in [3.8, 4) is 16.9 Å². The fraction of sp³-hybridized carbons (Fsp3) is 0.0769. The van der Waals surface area contributed by atoms with Gasteiger partial charge >= 0.3 is 6.09 Å². The molecule has 1 aromatic heterocycles. The van der Waals surface area contributed by atoms with Gasteiger partial charge in [-0.2, -0.15) is 10.2 Å². The van der Waals surface area contributed by atoms with Crippen molar-refractivity contribution in [3.05, 3.63) is 109 Å². The van der Waals surface area contributed by atoms with Crippen molar-refractivity contribution in [3.63, 3.8) is 0 Å². The van der Waals surface area contributed by atoms with Crippen LogP contribution in [0.4, 0.5) is 16.2 Å². The lowest BCUT2D eigenvalue weighted by molar-refractivity contribution is 0.161. The number of carbonyl (C=O) groups is 1. The molecule has 0 atom stereocenters. The fourth-order valence-electron chi connectivity index (χ4n) is 3.10. The molecule has 0 saturated carbocycles. The highest BCUT2D eigenvalue weighted by Gasteiger charge is 2.12. The van der Waals surface area contributed by atoms with Gasteiger partial charge in [-0.15, -0.1) is 0 Å². The number of rotatable bonds is 6. The molecule has 6 nitrogen and oxygen atoms in total. The summed E-state index contributed by atoms with van der Waals surface area (Å²) in [6.07, 6.45) is 3.09. The maximum Gasteiger partial charge on any atom is 0.415 e. The maximum atomic E-state index is 12.5. The zero-order valence-corrected chi connectivity index (χ0v) is 17.6. The van der Waals surface area contributed by atoms with Crippen molar-refractivity contribution < 1.29 is 9.53 Å². The van der Waals surface area contributed by atoms with Gasteiger partial charge in [0.25, 0.3) is 0 Å². The number of nitrogens with zero attached hydrogens (tertiary/aromatic N) is 4. The quantitative estimate of drug-likeness (QED) is 0.321. The van der Waals surface area contributed by atoms with Gasteiger partial charge in [0.1, 0.15) is 5.75 Å². The molecule has 1 amide bonds. The Hall–Kier alpha value is -4.32. The molecule has 0 N–H and O–H groups in total. The topological polar surface area (TPSA) is 67.2 Å². The predicted molar refractivity (Wildman–Crippen MR) is 124 cm³/mol. The number of aromatic nitrogens is 1. The number of benzene rings is 3. The molecular weight excluding hydrogens is 400 g/mol. The molecule has 32 heavy (non-hydrogen) atoms. The van der Waals surface area contributed by atoms with Crippen molar-refractivity contribution in [2.24, 2.45) is 10.2 Å². The van der Waals surface area contributed by atoms with Crippen LogP contribution in [0.15, 0.2) is 114 Å². The summed E-state index contributed by atoms with van der Waals surface area (Å²) in [6, 6.07) is 28.4. The SMILES string of the molecule is CN(Cc1cccc(-c2ccncc2)c1)C(=O)Oc1ccc(N=Nc2ccccc2)cc1. The van der Waals surface area contributed by atoms with Gasteiger partial charge < -0.3 is 9.64 Å². The van der Waals surface area contributed by atoms with Crippen LogP contribution >= 0.6 is 0 Å². The van der Waals surface area contributed by atoms with Gasteiger partial charge in [-0.25, -0.2) is 4.79 Å². The van der Waals surface area contributed by atoms with E-state index >= 15 is 0 Å². The van der Waals surface area contributed by atoms with Crippen LogP contribution in [0.5, 0.6) is 5.75 Å². The summed E-state index contributed by atoms with van der Waals surface area (Å²) in [5.74, 6) is 0.450. The molecule has 4 aromatic rings. The van der Waals surface area contributed by atoms with Crippen LogP contribution in [0.2, 0.25) is 0 Å². The van der Waals surface area contributed by atoms with Crippen molar-refractivity contribution in [2.45, 2.75) is 6.54 Å². The first kappa shape index (κ1) is 20.9. The second-order valence-electron chi connectivity index (χ2n) is 7.19. The summed E-state index contributed by atoms with van der Waals surface area (Å²) in [5.41, 5.74) is 4.62. The van der Waals surface area contributed by atoms with Crippen LogP contribution in [-0.4, -0.2) is 23.0 Å². The molecule has 0 saturated heterocycles. The van der Waals surface area contributed by atoms with Gasteiger partial charge in [-0.1, -0.05) is 36.4 Å². The molecule has 0 unspecified atom stereocenters. The number of ether oxygens (including phenoxy) is 1. The molecule has 0 aliphatic carbocycles. The summed E-state index contributed by atoms with van der Waals surface area (Å²) in [5, 5.41) is 8.37. The van der Waals surface area contributed by atoms with E-state index in [0.29, 0.717) is 18.0 Å². The van der Waals surface area contributed by atoms with Crippen molar-refractivity contribution in [2.75, 3.05) is 7.05 Å². The van der Waals surface area contributed by atoms with Crippen molar-refractivity contribution in [1.29, 1.82) is 0 Å². The molecule has 1 heterocycles. The first-order chi connectivity index (χ1) is 15.7. The molecule has 0 bridgehead atoms. The lowest BCUT2D eigenvalue weighted by atomic mass is 10.0. The Balaban J connectivity index is 1.35. The number of carbonyl (C=O) groups excluding carboxylic acids is 1. The molecule has 3 aromatic carbocycles. The number of amides is 1. The summed E-state index contributed by atoms with van der Waals surface area (Å²) in [7, 11) is 1.71. The standard InChI is InChI=1S/C26H22N4O2/c1-30(19-20-6-5-7-22(18-20)21-14-16-27-17-15-21)26(31)32-25-12-10-24(11-13-25)29-28-23-8-3-2-4-9-23/h2-18H,19H2,1H3. The van der Waals surface area contributed by atoms with Gasteiger partial charge in [0.15, 0.2) is 0 Å². The van der Waals surface area contributed by atoms with Crippen LogP contribution < -0.4 is 4.74 Å². The van der Waals surface area contributed by atoms with Crippen LogP contribution in [0.3, 0.4) is 0 Å². The second-order valence-corrected chi connectivity index (χ2v) is 7.19. The number of azo groups is 1. The van der Waals surface area contributed by atoms with Crippen molar-refractivity contribution in [1.82, 2.24) is 9.88 Å². The molecule has 6 heteroatoms. The highest BCUT2D eigenvalue weighted by atomic mass is 16.6. The van der Waals surface area contributed by atoms with Crippen LogP contribution in [0, 0.1) is 0 Å². The van der Waals surface area contributed by atoms with Crippen molar-refractivity contribution >= 4 is 17.5 Å². The van der Waals surface area contributed by atoms with E-state index in [9.17, 15) is 4.79 Å². The zero-order chi connectivity index (χ0) is 22.2. The third-order valence-corrected chi connectivity index (χ3v) is 4.75. The lowest BCUT2D eigenvalue weighted by Crippen LogP contribution is -2.29. The molecule has 158 valence electrons. The lowest BCUT2D eigenvalue weighted by Gasteiger charge is -2.17. The monoisotopic (exact) mass is 422 g/mol. The van der Waals surface area contributed by atoms with E-state index in [2.05, 4.69) is 21.3 Å². The number of hydrogen-bond donors (Lipinski definition) is 0. The molecule has 0 radical (unpaired) electrons. The maximum absolute atomic E-state index is 12.5. The largest absolute Gasteiger partial charge is 0.415 e. The fourth-order valence-corrected chi connectivity index (χ4v) is 3.10. The average molecular weight is 422 g/mol. The van der Waals surface area contributed by atoms with Gasteiger partial charge in [0.05, 0.1) is 11.4 Å². The Kier molecular flexibility index (Phi) is 6.63. The summed E-state index contributed by atoms with van der Waals surface area (Å²) >= 11 is 0. The molecule has 4 rings (SSSR count). The Morgan fingerprint density at radius 2 is 1.50 bits per heavy atom. The normalized spacial score (nSPS) is 10.8. The zero-order valence-electron chi connectivity index (χ0n) is 17.6. The number of hydrogen-bond acceptors (Lipinski definition) is 5. The third kappa shape index (κ3) is 5.64. The predicted octanol–water partition coefficient (Wildman–Crippen LogP) is 6.79. The van der Waals surface area contributed by atoms with Crippen LogP contribution in [-0.2, 0) is 6.54 Å². The first-order valence-electron chi connectivity index (χ1n) is 10.2. The highest BCUT2D eigenvalue weighted by Crippen LogP contribution is 2.23. The smallest absolute Gasteiger partial charge is 0.410 e. The van der Waals surface area contributed by atoms with E-state index < -0.39 is 6.09 Å². The van der Waals surface area contributed by atoms with E-state index in [4.69, 9.17) is 4.74 Å². The minimum Gasteiger partial charge on any atom is -0.410 e. The Labute approximate surface area is 186 Å². The average Bonchev–Trinajstić information content (AvgIpc) is 2.85. The van der Waals surface area contributed by atoms with E-state index in [-0.39, 0.29) is 0 Å². The molecule has 0 spiro atoms. The second kappa shape index (κ2) is 10.1. The minimum absolute atomic E-state index is 0.432. The summed E-state index contributed by atoms with van der Waals surface area (Å²) in [4.78, 5) is 18.1. The van der Waals surface area contributed by atoms with E-state index in [1.165, 1.54) is 4.90 Å². The van der Waals surface area contributed by atoms with Crippen LogP contribution in [0.1, 0.15) is 5.56 Å².